The molecule has 0 aliphatic rings. The molecule has 108 valence electrons. The van der Waals surface area contributed by atoms with Crippen LogP contribution in [0.25, 0.3) is 10.6 Å². The molecule has 1 aromatic heterocycles. The van der Waals surface area contributed by atoms with Crippen LogP contribution >= 0.6 is 27.3 Å². The van der Waals surface area contributed by atoms with E-state index in [0.29, 0.717) is 0 Å². The van der Waals surface area contributed by atoms with E-state index in [4.69, 9.17) is 4.98 Å². The molecular formula is C16H21BrN2S. The number of nitrogens with one attached hydrogen (secondary N) is 1. The Kier molecular flexibility index (Phi) is 4.67. The van der Waals surface area contributed by atoms with Gasteiger partial charge >= 0.3 is 0 Å². The van der Waals surface area contributed by atoms with Crippen LogP contribution in [-0.4, -0.2) is 10.5 Å². The maximum atomic E-state index is 4.72. The van der Waals surface area contributed by atoms with Crippen LogP contribution < -0.4 is 5.32 Å². The van der Waals surface area contributed by atoms with E-state index in [1.165, 1.54) is 16.0 Å². The number of aromatic nitrogens is 1. The molecule has 0 aliphatic heterocycles. The fourth-order valence-electron chi connectivity index (χ4n) is 1.85. The molecule has 20 heavy (non-hydrogen) atoms. The summed E-state index contributed by atoms with van der Waals surface area (Å²) in [6.07, 6.45) is 0. The van der Waals surface area contributed by atoms with Gasteiger partial charge in [0.05, 0.1) is 5.69 Å². The Balaban J connectivity index is 2.26. The van der Waals surface area contributed by atoms with Crippen molar-refractivity contribution in [3.8, 4) is 10.6 Å². The number of aryl methyl sites for hydroxylation is 2. The maximum Gasteiger partial charge on any atom is 0.125 e. The van der Waals surface area contributed by atoms with Gasteiger partial charge in [0, 0.05) is 27.0 Å². The first kappa shape index (κ1) is 15.7. The molecule has 2 nitrogen and oxygen atoms in total. The van der Waals surface area contributed by atoms with Crippen molar-refractivity contribution >= 4 is 27.3 Å². The molecule has 0 saturated carbocycles. The lowest BCUT2D eigenvalue weighted by atomic mass is 10.1. The summed E-state index contributed by atoms with van der Waals surface area (Å²) in [5, 5.41) is 4.61. The molecule has 0 atom stereocenters. The van der Waals surface area contributed by atoms with Crippen molar-refractivity contribution in [2.75, 3.05) is 0 Å². The van der Waals surface area contributed by atoms with Gasteiger partial charge in [0.15, 0.2) is 0 Å². The summed E-state index contributed by atoms with van der Waals surface area (Å²) < 4.78 is 1.11. The van der Waals surface area contributed by atoms with Crippen molar-refractivity contribution in [3.05, 3.63) is 38.8 Å². The number of hydrogen-bond acceptors (Lipinski definition) is 3. The third-order valence-electron chi connectivity index (χ3n) is 3.03. The number of thiazole rings is 1. The lowest BCUT2D eigenvalue weighted by molar-refractivity contribution is 0.425. The second-order valence-corrected chi connectivity index (χ2v) is 8.05. The van der Waals surface area contributed by atoms with Crippen LogP contribution in [0.5, 0.6) is 0 Å². The van der Waals surface area contributed by atoms with E-state index in [1.54, 1.807) is 11.3 Å². The molecule has 0 spiro atoms. The first-order valence-corrected chi connectivity index (χ1v) is 8.35. The maximum absolute atomic E-state index is 4.72. The molecule has 0 amide bonds. The second kappa shape index (κ2) is 5.96. The molecule has 0 aliphatic carbocycles. The van der Waals surface area contributed by atoms with Gasteiger partial charge in [-0.15, -0.1) is 11.3 Å². The third-order valence-corrected chi connectivity index (χ3v) is 4.87. The molecule has 4 heteroatoms. The van der Waals surface area contributed by atoms with Crippen molar-refractivity contribution in [3.63, 3.8) is 0 Å². The van der Waals surface area contributed by atoms with E-state index in [1.807, 2.05) is 0 Å². The Morgan fingerprint density at radius 3 is 2.55 bits per heavy atom. The Labute approximate surface area is 133 Å². The van der Waals surface area contributed by atoms with Crippen molar-refractivity contribution < 1.29 is 0 Å². The van der Waals surface area contributed by atoms with Crippen LogP contribution in [0.3, 0.4) is 0 Å². The average Bonchev–Trinajstić information content (AvgIpc) is 2.67. The van der Waals surface area contributed by atoms with Crippen molar-refractivity contribution in [2.45, 2.75) is 46.7 Å². The van der Waals surface area contributed by atoms with E-state index in [2.05, 4.69) is 74.1 Å². The number of benzene rings is 1. The molecule has 0 radical (unpaired) electrons. The van der Waals surface area contributed by atoms with E-state index in [9.17, 15) is 0 Å². The Bertz CT molecular complexity index is 611. The zero-order chi connectivity index (χ0) is 14.9. The molecule has 0 fully saturated rings. The van der Waals surface area contributed by atoms with Gasteiger partial charge in [0.2, 0.25) is 0 Å². The molecule has 0 saturated heterocycles. The quantitative estimate of drug-likeness (QED) is 0.833. The number of rotatable bonds is 3. The van der Waals surface area contributed by atoms with Gasteiger partial charge < -0.3 is 5.32 Å². The summed E-state index contributed by atoms with van der Waals surface area (Å²) in [4.78, 5) is 6.03. The van der Waals surface area contributed by atoms with E-state index < -0.39 is 0 Å². The number of halogens is 1. The average molecular weight is 353 g/mol. The largest absolute Gasteiger partial charge is 0.307 e. The summed E-state index contributed by atoms with van der Waals surface area (Å²) in [7, 11) is 0. The van der Waals surface area contributed by atoms with Gasteiger partial charge in [-0.2, -0.15) is 0 Å². The topological polar surface area (TPSA) is 24.9 Å². The van der Waals surface area contributed by atoms with E-state index in [-0.39, 0.29) is 5.54 Å². The Morgan fingerprint density at radius 1 is 1.25 bits per heavy atom. The normalized spacial score (nSPS) is 11.9. The third kappa shape index (κ3) is 3.90. The molecular weight excluding hydrogens is 332 g/mol. The minimum absolute atomic E-state index is 0.126. The van der Waals surface area contributed by atoms with E-state index in [0.717, 1.165) is 21.7 Å². The minimum atomic E-state index is 0.126. The summed E-state index contributed by atoms with van der Waals surface area (Å²) in [5.41, 5.74) is 3.67. The first-order chi connectivity index (χ1) is 9.26. The predicted octanol–water partition coefficient (Wildman–Crippen LogP) is 5.08. The Morgan fingerprint density at radius 2 is 1.95 bits per heavy atom. The highest BCUT2D eigenvalue weighted by molar-refractivity contribution is 9.10. The number of nitrogens with zero attached hydrogens (tertiary/aromatic N) is 1. The lowest BCUT2D eigenvalue weighted by Crippen LogP contribution is -2.34. The molecule has 1 N–H and O–H groups in total. The van der Waals surface area contributed by atoms with Crippen LogP contribution in [-0.2, 0) is 6.54 Å². The smallest absolute Gasteiger partial charge is 0.125 e. The van der Waals surface area contributed by atoms with Crippen LogP contribution in [0.2, 0.25) is 0 Å². The zero-order valence-electron chi connectivity index (χ0n) is 12.7. The van der Waals surface area contributed by atoms with Gasteiger partial charge in [-0.3, -0.25) is 0 Å². The molecule has 1 aromatic carbocycles. The fraction of sp³-hybridized carbons (Fsp3) is 0.438. The highest BCUT2D eigenvalue weighted by Gasteiger charge is 2.14. The molecule has 0 bridgehead atoms. The molecule has 0 unspecified atom stereocenters. The second-order valence-electron chi connectivity index (χ2n) is 6.11. The summed E-state index contributed by atoms with van der Waals surface area (Å²) in [6.45, 7) is 11.6. The van der Waals surface area contributed by atoms with Crippen LogP contribution in [0.4, 0.5) is 0 Å². The van der Waals surface area contributed by atoms with Crippen molar-refractivity contribution in [2.24, 2.45) is 0 Å². The standard InChI is InChI=1S/C16H21BrN2S/c1-10-6-7-12(13(17)8-10)15-19-11(2)14(20-15)9-18-16(3,4)5/h6-8,18H,9H2,1-5H3. The van der Waals surface area contributed by atoms with Gasteiger partial charge in [0.1, 0.15) is 5.01 Å². The van der Waals surface area contributed by atoms with Gasteiger partial charge in [-0.05, 0) is 46.2 Å². The predicted molar refractivity (Wildman–Crippen MR) is 91.3 cm³/mol. The Hall–Kier alpha value is -0.710. The van der Waals surface area contributed by atoms with Crippen LogP contribution in [0, 0.1) is 13.8 Å². The summed E-state index contributed by atoms with van der Waals surface area (Å²) in [5.74, 6) is 0. The lowest BCUT2D eigenvalue weighted by Gasteiger charge is -2.19. The highest BCUT2D eigenvalue weighted by atomic mass is 79.9. The van der Waals surface area contributed by atoms with Crippen molar-refractivity contribution in [1.29, 1.82) is 0 Å². The van der Waals surface area contributed by atoms with Crippen LogP contribution in [0.1, 0.15) is 36.9 Å². The van der Waals surface area contributed by atoms with Crippen molar-refractivity contribution in [1.82, 2.24) is 10.3 Å². The van der Waals surface area contributed by atoms with Crippen LogP contribution in [0.15, 0.2) is 22.7 Å². The summed E-state index contributed by atoms with van der Waals surface area (Å²) >= 11 is 5.41. The molecule has 2 rings (SSSR count). The van der Waals surface area contributed by atoms with Gasteiger partial charge in [0.25, 0.3) is 0 Å². The number of hydrogen-bond donors (Lipinski definition) is 1. The molecule has 1 heterocycles. The first-order valence-electron chi connectivity index (χ1n) is 6.74. The van der Waals surface area contributed by atoms with E-state index >= 15 is 0 Å². The SMILES string of the molecule is Cc1ccc(-c2nc(C)c(CNC(C)(C)C)s2)c(Br)c1. The monoisotopic (exact) mass is 352 g/mol. The highest BCUT2D eigenvalue weighted by Crippen LogP contribution is 2.33. The van der Waals surface area contributed by atoms with Gasteiger partial charge in [-0.25, -0.2) is 4.98 Å². The zero-order valence-corrected chi connectivity index (χ0v) is 15.1. The molecule has 2 aromatic rings. The fourth-order valence-corrected chi connectivity index (χ4v) is 3.70. The van der Waals surface area contributed by atoms with Gasteiger partial charge in [-0.1, -0.05) is 28.1 Å². The summed E-state index contributed by atoms with van der Waals surface area (Å²) in [6, 6.07) is 6.40. The minimum Gasteiger partial charge on any atom is -0.307 e.